The Hall–Kier alpha value is -1.87. The van der Waals surface area contributed by atoms with Gasteiger partial charge in [-0.25, -0.2) is 0 Å². The molecule has 2 rings (SSSR count). The van der Waals surface area contributed by atoms with E-state index in [1.807, 2.05) is 0 Å². The highest BCUT2D eigenvalue weighted by Crippen LogP contribution is 2.56. The Morgan fingerprint density at radius 1 is 0.857 bits per heavy atom. The van der Waals surface area contributed by atoms with E-state index < -0.39 is 45.9 Å². The SMILES string of the molecule is Oc1c(O)c(C2(O)CCNCC2)c(O)c(O)c1C(F)(F)F. The van der Waals surface area contributed by atoms with Crippen LogP contribution in [-0.2, 0) is 11.8 Å². The fourth-order valence-corrected chi connectivity index (χ4v) is 2.50. The highest BCUT2D eigenvalue weighted by Gasteiger charge is 2.45. The second-order valence-corrected chi connectivity index (χ2v) is 4.92. The molecule has 1 aliphatic rings. The summed E-state index contributed by atoms with van der Waals surface area (Å²) in [5, 5.41) is 51.8. The summed E-state index contributed by atoms with van der Waals surface area (Å²) in [5.41, 5.74) is -4.50. The second-order valence-electron chi connectivity index (χ2n) is 4.92. The molecule has 118 valence electrons. The van der Waals surface area contributed by atoms with Crippen molar-refractivity contribution in [3.63, 3.8) is 0 Å². The van der Waals surface area contributed by atoms with Crippen LogP contribution in [0.4, 0.5) is 13.2 Å². The summed E-state index contributed by atoms with van der Waals surface area (Å²) in [6, 6.07) is 0. The maximum Gasteiger partial charge on any atom is 0.423 e. The van der Waals surface area contributed by atoms with Crippen molar-refractivity contribution in [1.82, 2.24) is 5.32 Å². The number of hydrogen-bond donors (Lipinski definition) is 6. The number of piperidine rings is 1. The normalized spacial score (nSPS) is 18.7. The molecule has 1 aliphatic heterocycles. The van der Waals surface area contributed by atoms with E-state index in [1.165, 1.54) is 0 Å². The first-order chi connectivity index (χ1) is 9.59. The van der Waals surface area contributed by atoms with Crippen LogP contribution in [0.5, 0.6) is 23.0 Å². The zero-order valence-corrected chi connectivity index (χ0v) is 10.7. The van der Waals surface area contributed by atoms with Crippen LogP contribution in [0, 0.1) is 0 Å². The van der Waals surface area contributed by atoms with Crippen LogP contribution in [0.15, 0.2) is 0 Å². The van der Waals surface area contributed by atoms with E-state index >= 15 is 0 Å². The smallest absolute Gasteiger partial charge is 0.423 e. The summed E-state index contributed by atoms with van der Waals surface area (Å²) in [6.07, 6.45) is -5.21. The van der Waals surface area contributed by atoms with Gasteiger partial charge in [0.1, 0.15) is 5.56 Å². The van der Waals surface area contributed by atoms with Gasteiger partial charge in [-0.15, -0.1) is 0 Å². The van der Waals surface area contributed by atoms with Crippen molar-refractivity contribution in [1.29, 1.82) is 0 Å². The summed E-state index contributed by atoms with van der Waals surface area (Å²) in [4.78, 5) is 0. The predicted molar refractivity (Wildman–Crippen MR) is 64.1 cm³/mol. The highest BCUT2D eigenvalue weighted by molar-refractivity contribution is 5.66. The van der Waals surface area contributed by atoms with Gasteiger partial charge in [0.05, 0.1) is 11.2 Å². The number of aromatic hydroxyl groups is 4. The van der Waals surface area contributed by atoms with E-state index in [2.05, 4.69) is 5.32 Å². The minimum absolute atomic E-state index is 0.0155. The predicted octanol–water partition coefficient (Wildman–Crippen LogP) is 1.10. The maximum atomic E-state index is 12.7. The van der Waals surface area contributed by atoms with Crippen LogP contribution in [-0.4, -0.2) is 38.6 Å². The third-order valence-electron chi connectivity index (χ3n) is 3.58. The number of phenols is 4. The van der Waals surface area contributed by atoms with E-state index in [-0.39, 0.29) is 25.9 Å². The number of aliphatic hydroxyl groups is 1. The molecule has 1 fully saturated rings. The fraction of sp³-hybridized carbons (Fsp3) is 0.500. The van der Waals surface area contributed by atoms with Crippen LogP contribution in [0.25, 0.3) is 0 Å². The monoisotopic (exact) mass is 309 g/mol. The summed E-state index contributed by atoms with van der Waals surface area (Å²) >= 11 is 0. The Morgan fingerprint density at radius 3 is 1.67 bits per heavy atom. The molecule has 0 spiro atoms. The third-order valence-corrected chi connectivity index (χ3v) is 3.58. The molecule has 0 saturated carbocycles. The number of halogens is 3. The number of benzene rings is 1. The van der Waals surface area contributed by atoms with Gasteiger partial charge < -0.3 is 30.8 Å². The van der Waals surface area contributed by atoms with Gasteiger partial charge in [-0.1, -0.05) is 0 Å². The molecule has 6 N–H and O–H groups in total. The number of rotatable bonds is 1. The minimum Gasteiger partial charge on any atom is -0.504 e. The first-order valence-electron chi connectivity index (χ1n) is 6.10. The van der Waals surface area contributed by atoms with Gasteiger partial charge in [0.25, 0.3) is 0 Å². The highest BCUT2D eigenvalue weighted by atomic mass is 19.4. The largest absolute Gasteiger partial charge is 0.504 e. The zero-order valence-electron chi connectivity index (χ0n) is 10.7. The van der Waals surface area contributed by atoms with Gasteiger partial charge in [-0.3, -0.25) is 0 Å². The lowest BCUT2D eigenvalue weighted by Gasteiger charge is -2.34. The number of alkyl halides is 3. The van der Waals surface area contributed by atoms with E-state index in [0.29, 0.717) is 0 Å². The molecular weight excluding hydrogens is 295 g/mol. The Labute approximate surface area is 117 Å². The summed E-state index contributed by atoms with van der Waals surface area (Å²) < 4.78 is 38.2. The van der Waals surface area contributed by atoms with E-state index in [9.17, 15) is 38.7 Å². The lowest BCUT2D eigenvalue weighted by atomic mass is 9.82. The lowest BCUT2D eigenvalue weighted by molar-refractivity contribution is -0.140. The molecule has 0 unspecified atom stereocenters. The molecule has 1 heterocycles. The quantitative estimate of drug-likeness (QED) is 0.342. The zero-order chi connectivity index (χ0) is 16.0. The van der Waals surface area contributed by atoms with Gasteiger partial charge in [0, 0.05) is 0 Å². The average molecular weight is 309 g/mol. The van der Waals surface area contributed by atoms with Crippen molar-refractivity contribution in [3.8, 4) is 23.0 Å². The van der Waals surface area contributed by atoms with Gasteiger partial charge in [-0.05, 0) is 25.9 Å². The Balaban J connectivity index is 2.70. The summed E-state index contributed by atoms with van der Waals surface area (Å²) in [7, 11) is 0. The van der Waals surface area contributed by atoms with Crippen LogP contribution in [0.1, 0.15) is 24.0 Å². The molecule has 9 heteroatoms. The standard InChI is InChI=1S/C12H14F3NO5/c13-12(14,15)6-9(19)7(17)5(8(18)10(6)20)11(21)1-3-16-4-2-11/h16-21H,1-4H2. The first-order valence-corrected chi connectivity index (χ1v) is 6.10. The minimum atomic E-state index is -5.18. The molecule has 0 amide bonds. The van der Waals surface area contributed by atoms with Crippen molar-refractivity contribution in [2.24, 2.45) is 0 Å². The molecular formula is C12H14F3NO5. The number of hydrogen-bond acceptors (Lipinski definition) is 6. The topological polar surface area (TPSA) is 113 Å². The van der Waals surface area contributed by atoms with Gasteiger partial charge >= 0.3 is 6.18 Å². The second kappa shape index (κ2) is 4.85. The van der Waals surface area contributed by atoms with Crippen molar-refractivity contribution in [2.75, 3.05) is 13.1 Å². The van der Waals surface area contributed by atoms with Crippen LogP contribution in [0.2, 0.25) is 0 Å². The van der Waals surface area contributed by atoms with Crippen molar-refractivity contribution < 1.29 is 38.7 Å². The summed E-state index contributed by atoms with van der Waals surface area (Å²) in [5.74, 6) is -5.83. The lowest BCUT2D eigenvalue weighted by Crippen LogP contribution is -2.39. The molecule has 1 aromatic carbocycles. The average Bonchev–Trinajstić information content (AvgIpc) is 2.36. The van der Waals surface area contributed by atoms with Gasteiger partial charge in [0.15, 0.2) is 23.0 Å². The first kappa shape index (κ1) is 15.5. The molecule has 0 radical (unpaired) electrons. The van der Waals surface area contributed by atoms with Gasteiger partial charge in [-0.2, -0.15) is 13.2 Å². The third kappa shape index (κ3) is 2.42. The number of nitrogens with one attached hydrogen (secondary N) is 1. The molecule has 0 bridgehead atoms. The Kier molecular flexibility index (Phi) is 3.58. The van der Waals surface area contributed by atoms with Crippen molar-refractivity contribution in [3.05, 3.63) is 11.1 Å². The van der Waals surface area contributed by atoms with Crippen molar-refractivity contribution >= 4 is 0 Å². The molecule has 0 aliphatic carbocycles. The maximum absolute atomic E-state index is 12.7. The molecule has 1 aromatic rings. The molecule has 0 aromatic heterocycles. The molecule has 1 saturated heterocycles. The van der Waals surface area contributed by atoms with E-state index in [4.69, 9.17) is 0 Å². The van der Waals surface area contributed by atoms with E-state index in [1.54, 1.807) is 0 Å². The molecule has 21 heavy (non-hydrogen) atoms. The van der Waals surface area contributed by atoms with Crippen molar-refractivity contribution in [2.45, 2.75) is 24.6 Å². The van der Waals surface area contributed by atoms with Gasteiger partial charge in [0.2, 0.25) is 0 Å². The molecule has 0 atom stereocenters. The van der Waals surface area contributed by atoms with Crippen LogP contribution in [0.3, 0.4) is 0 Å². The Bertz CT molecular complexity index is 538. The molecule has 6 nitrogen and oxygen atoms in total. The van der Waals surface area contributed by atoms with E-state index in [0.717, 1.165) is 0 Å². The van der Waals surface area contributed by atoms with Crippen LogP contribution < -0.4 is 5.32 Å². The fourth-order valence-electron chi connectivity index (χ4n) is 2.50. The van der Waals surface area contributed by atoms with Crippen LogP contribution >= 0.6 is 0 Å². The Morgan fingerprint density at radius 2 is 1.29 bits per heavy atom. The number of phenolic OH excluding ortho intramolecular Hbond substituents is 4. The summed E-state index contributed by atoms with van der Waals surface area (Å²) in [6.45, 7) is 0.579.